The van der Waals surface area contributed by atoms with Gasteiger partial charge in [0.05, 0.1) is 11.3 Å². The Hall–Kier alpha value is -2.04. The summed E-state index contributed by atoms with van der Waals surface area (Å²) in [7, 11) is 0. The highest BCUT2D eigenvalue weighted by Gasteiger charge is 2.25. The number of H-pyrrole nitrogens is 1. The van der Waals surface area contributed by atoms with Crippen molar-refractivity contribution >= 4 is 0 Å². The minimum absolute atomic E-state index is 0.0116. The summed E-state index contributed by atoms with van der Waals surface area (Å²) in [6.07, 6.45) is 1.39. The van der Waals surface area contributed by atoms with Crippen LogP contribution in [-0.4, -0.2) is 25.4 Å². The number of pyridine rings is 1. The quantitative estimate of drug-likeness (QED) is 0.418. The van der Waals surface area contributed by atoms with E-state index in [-0.39, 0.29) is 17.0 Å². The largest absolute Gasteiger partial charge is 0.507 e. The van der Waals surface area contributed by atoms with Crippen LogP contribution in [0.25, 0.3) is 11.3 Å². The molecule has 0 spiro atoms. The van der Waals surface area contributed by atoms with Crippen LogP contribution >= 0.6 is 0 Å². The second-order valence-electron chi connectivity index (χ2n) is 2.66. The van der Waals surface area contributed by atoms with Gasteiger partial charge in [-0.3, -0.25) is 0 Å². The summed E-state index contributed by atoms with van der Waals surface area (Å²) in [5, 5.41) is 36.9. The van der Waals surface area contributed by atoms with Crippen LogP contribution in [0.2, 0.25) is 0 Å². The third-order valence-corrected chi connectivity index (χ3v) is 1.90. The van der Waals surface area contributed by atoms with Crippen LogP contribution in [0.4, 0.5) is 0 Å². The van der Waals surface area contributed by atoms with E-state index in [0.717, 1.165) is 0 Å². The van der Waals surface area contributed by atoms with Gasteiger partial charge < -0.3 is 25.4 Å². The molecule has 0 bridgehead atoms. The highest BCUT2D eigenvalue weighted by molar-refractivity contribution is 5.87. The molecule has 13 heavy (non-hydrogen) atoms. The van der Waals surface area contributed by atoms with Crippen LogP contribution < -0.4 is 0 Å². The molecule has 68 valence electrons. The lowest BCUT2D eigenvalue weighted by Crippen LogP contribution is -1.80. The predicted octanol–water partition coefficient (Wildman–Crippen LogP) is 0.942. The molecule has 1 aliphatic heterocycles. The standard InChI is InChI=1S/C8H7NO4/c10-3-1-2-9-5-4(3)6(11)8(13)7(5)12/h1-2,9-13H. The molecule has 5 nitrogen and oxygen atoms in total. The zero-order chi connectivity index (χ0) is 9.59. The smallest absolute Gasteiger partial charge is 0.203 e. The van der Waals surface area contributed by atoms with Crippen molar-refractivity contribution in [3.63, 3.8) is 0 Å². The highest BCUT2D eigenvalue weighted by atomic mass is 16.3. The second kappa shape index (κ2) is 2.22. The Morgan fingerprint density at radius 2 is 1.62 bits per heavy atom. The van der Waals surface area contributed by atoms with Gasteiger partial charge in [-0.05, 0) is 6.07 Å². The third kappa shape index (κ3) is 0.807. The molecule has 0 aromatic carbocycles. The van der Waals surface area contributed by atoms with Crippen molar-refractivity contribution in [2.45, 2.75) is 0 Å². The van der Waals surface area contributed by atoms with E-state index >= 15 is 0 Å². The molecule has 0 radical (unpaired) electrons. The Bertz CT molecular complexity index is 434. The van der Waals surface area contributed by atoms with E-state index in [0.29, 0.717) is 0 Å². The van der Waals surface area contributed by atoms with Crippen LogP contribution in [0.5, 0.6) is 23.0 Å². The maximum Gasteiger partial charge on any atom is 0.203 e. The van der Waals surface area contributed by atoms with Gasteiger partial charge in [0.15, 0.2) is 11.5 Å². The zero-order valence-electron chi connectivity index (χ0n) is 6.44. The van der Waals surface area contributed by atoms with E-state index in [9.17, 15) is 15.3 Å². The van der Waals surface area contributed by atoms with Gasteiger partial charge in [-0.1, -0.05) is 0 Å². The summed E-state index contributed by atoms with van der Waals surface area (Å²) in [5.74, 6) is -1.83. The van der Waals surface area contributed by atoms with Crippen molar-refractivity contribution in [1.29, 1.82) is 0 Å². The third-order valence-electron chi connectivity index (χ3n) is 1.90. The van der Waals surface area contributed by atoms with Crippen LogP contribution in [0.3, 0.4) is 0 Å². The van der Waals surface area contributed by atoms with Gasteiger partial charge in [0.1, 0.15) is 5.75 Å². The molecule has 1 aliphatic carbocycles. The summed E-state index contributed by atoms with van der Waals surface area (Å²) >= 11 is 0. The van der Waals surface area contributed by atoms with E-state index in [4.69, 9.17) is 5.11 Å². The molecular formula is C8H7NO4. The summed E-state index contributed by atoms with van der Waals surface area (Å²) in [6, 6.07) is 1.31. The minimum atomic E-state index is -0.632. The van der Waals surface area contributed by atoms with Crippen molar-refractivity contribution in [1.82, 2.24) is 4.98 Å². The van der Waals surface area contributed by atoms with Gasteiger partial charge in [-0.15, -0.1) is 0 Å². The Morgan fingerprint density at radius 3 is 2.23 bits per heavy atom. The van der Waals surface area contributed by atoms with Gasteiger partial charge >= 0.3 is 0 Å². The lowest BCUT2D eigenvalue weighted by Gasteiger charge is -2.01. The topological polar surface area (TPSA) is 96.7 Å². The highest BCUT2D eigenvalue weighted by Crippen LogP contribution is 2.53. The van der Waals surface area contributed by atoms with Crippen LogP contribution in [0.1, 0.15) is 0 Å². The molecule has 0 amide bonds. The lowest BCUT2D eigenvalue weighted by atomic mass is 10.2. The van der Waals surface area contributed by atoms with Gasteiger partial charge in [-0.25, -0.2) is 0 Å². The number of hydrogen-bond acceptors (Lipinski definition) is 4. The van der Waals surface area contributed by atoms with Gasteiger partial charge in [0.2, 0.25) is 5.75 Å². The Balaban J connectivity index is 2.91. The number of aromatic amines is 1. The molecule has 0 saturated heterocycles. The molecule has 0 unspecified atom stereocenters. The second-order valence-corrected chi connectivity index (χ2v) is 2.66. The van der Waals surface area contributed by atoms with Crippen molar-refractivity contribution in [3.05, 3.63) is 12.3 Å². The summed E-state index contributed by atoms with van der Waals surface area (Å²) in [6.45, 7) is 0. The fraction of sp³-hybridized carbons (Fsp3) is 0. The average Bonchev–Trinajstić information content (AvgIpc) is 2.33. The molecule has 0 aromatic heterocycles. The Labute approximate surface area is 72.9 Å². The fourth-order valence-corrected chi connectivity index (χ4v) is 1.26. The molecule has 0 saturated carbocycles. The first kappa shape index (κ1) is 7.60. The Morgan fingerprint density at radius 1 is 0.923 bits per heavy atom. The van der Waals surface area contributed by atoms with Crippen LogP contribution in [-0.2, 0) is 0 Å². The first-order chi connectivity index (χ1) is 6.13. The Kier molecular flexibility index (Phi) is 1.30. The number of aromatic nitrogens is 1. The number of fused-ring (bicyclic) bond motifs is 1. The molecule has 5 heteroatoms. The van der Waals surface area contributed by atoms with E-state index in [1.54, 1.807) is 0 Å². The SMILES string of the molecule is Oc1cc[nH]c2c(O)c(O)c(O)c1-2. The zero-order valence-corrected chi connectivity index (χ0v) is 6.44. The summed E-state index contributed by atoms with van der Waals surface area (Å²) < 4.78 is 0. The van der Waals surface area contributed by atoms with Crippen molar-refractivity contribution in [2.75, 3.05) is 0 Å². The first-order valence-corrected chi connectivity index (χ1v) is 3.56. The first-order valence-electron chi connectivity index (χ1n) is 3.56. The van der Waals surface area contributed by atoms with Gasteiger partial charge in [-0.2, -0.15) is 0 Å². The predicted molar refractivity (Wildman–Crippen MR) is 44.1 cm³/mol. The molecular weight excluding hydrogens is 174 g/mol. The number of hydrogen-bond donors (Lipinski definition) is 5. The lowest BCUT2D eigenvalue weighted by molar-refractivity contribution is 0.377. The minimum Gasteiger partial charge on any atom is -0.507 e. The van der Waals surface area contributed by atoms with Gasteiger partial charge in [0.25, 0.3) is 0 Å². The normalized spacial score (nSPS) is 10.8. The van der Waals surface area contributed by atoms with Crippen LogP contribution in [0.15, 0.2) is 12.3 Å². The maximum atomic E-state index is 9.29. The van der Waals surface area contributed by atoms with Crippen molar-refractivity contribution in [2.24, 2.45) is 0 Å². The summed E-state index contributed by atoms with van der Waals surface area (Å²) in [4.78, 5) is 2.59. The van der Waals surface area contributed by atoms with E-state index in [2.05, 4.69) is 4.98 Å². The van der Waals surface area contributed by atoms with Gasteiger partial charge in [0, 0.05) is 6.20 Å². The van der Waals surface area contributed by atoms with E-state index in [1.807, 2.05) is 0 Å². The monoisotopic (exact) mass is 181 g/mol. The number of rotatable bonds is 0. The van der Waals surface area contributed by atoms with Crippen LogP contribution in [0, 0.1) is 0 Å². The van der Waals surface area contributed by atoms with E-state index < -0.39 is 17.2 Å². The maximum absolute atomic E-state index is 9.29. The number of nitrogens with one attached hydrogen (secondary N) is 1. The molecule has 1 heterocycles. The molecule has 5 N–H and O–H groups in total. The average molecular weight is 181 g/mol. The van der Waals surface area contributed by atoms with Crippen molar-refractivity contribution in [3.8, 4) is 34.3 Å². The number of aromatic hydroxyl groups is 4. The summed E-state index contributed by atoms with van der Waals surface area (Å²) in [5.41, 5.74) is 0.118. The van der Waals surface area contributed by atoms with Crippen molar-refractivity contribution < 1.29 is 20.4 Å². The molecule has 0 atom stereocenters. The van der Waals surface area contributed by atoms with E-state index in [1.165, 1.54) is 12.3 Å². The molecule has 2 rings (SSSR count). The molecule has 0 aromatic rings. The molecule has 2 aliphatic rings. The fourth-order valence-electron chi connectivity index (χ4n) is 1.26. The molecule has 0 fully saturated rings.